The van der Waals surface area contributed by atoms with Crippen molar-refractivity contribution in [3.63, 3.8) is 0 Å². The molecule has 2 N–H and O–H groups in total. The van der Waals surface area contributed by atoms with Crippen molar-refractivity contribution in [3.05, 3.63) is 60.3 Å². The summed E-state index contributed by atoms with van der Waals surface area (Å²) in [5.74, 6) is 0.460. The highest BCUT2D eigenvalue weighted by Crippen LogP contribution is 2.28. The lowest BCUT2D eigenvalue weighted by Gasteiger charge is -2.38. The molecule has 0 bridgehead atoms. The molecule has 1 fully saturated rings. The highest BCUT2D eigenvalue weighted by Gasteiger charge is 2.28. The van der Waals surface area contributed by atoms with Crippen LogP contribution in [0.25, 0.3) is 10.9 Å². The van der Waals surface area contributed by atoms with Gasteiger partial charge in [-0.3, -0.25) is 9.69 Å². The molecule has 2 heterocycles. The molecule has 5 nitrogen and oxygen atoms in total. The first-order valence-electron chi connectivity index (χ1n) is 9.02. The summed E-state index contributed by atoms with van der Waals surface area (Å²) < 4.78 is 0. The molecular formula is C21H23N3O2. The Balaban J connectivity index is 1.46. The zero-order valence-electron chi connectivity index (χ0n) is 14.9. The third-order valence-corrected chi connectivity index (χ3v) is 5.32. The maximum Gasteiger partial charge on any atom is 0.181 e. The normalized spacial score (nSPS) is 16.7. The summed E-state index contributed by atoms with van der Waals surface area (Å²) in [5, 5.41) is 11.0. The highest BCUT2D eigenvalue weighted by atomic mass is 16.3. The van der Waals surface area contributed by atoms with E-state index in [1.54, 1.807) is 6.07 Å². The second-order valence-corrected chi connectivity index (χ2v) is 6.80. The van der Waals surface area contributed by atoms with Gasteiger partial charge in [-0.2, -0.15) is 0 Å². The lowest BCUT2D eigenvalue weighted by Crippen LogP contribution is -2.51. The number of aromatic nitrogens is 1. The fourth-order valence-electron chi connectivity index (χ4n) is 3.75. The van der Waals surface area contributed by atoms with Gasteiger partial charge in [0.05, 0.1) is 11.7 Å². The number of carbonyl (C=O) groups is 1. The molecule has 1 aliphatic heterocycles. The summed E-state index contributed by atoms with van der Waals surface area (Å²) in [6.45, 7) is 5.17. The number of fused-ring (bicyclic) bond motifs is 1. The second-order valence-electron chi connectivity index (χ2n) is 6.80. The van der Waals surface area contributed by atoms with Gasteiger partial charge in [-0.15, -0.1) is 0 Å². The minimum atomic E-state index is -0.166. The quantitative estimate of drug-likeness (QED) is 0.710. The van der Waals surface area contributed by atoms with Gasteiger partial charge in [0.2, 0.25) is 0 Å². The average Bonchev–Trinajstić information content (AvgIpc) is 3.11. The number of ketones is 1. The lowest BCUT2D eigenvalue weighted by atomic mass is 10.0. The van der Waals surface area contributed by atoms with Crippen LogP contribution in [0.2, 0.25) is 0 Å². The Kier molecular flexibility index (Phi) is 4.39. The molecule has 0 aliphatic carbocycles. The monoisotopic (exact) mass is 349 g/mol. The molecule has 5 heteroatoms. The number of anilines is 1. The first-order chi connectivity index (χ1) is 12.6. The number of hydrogen-bond acceptors (Lipinski definition) is 4. The molecule has 0 saturated carbocycles. The number of piperazine rings is 1. The molecule has 4 rings (SSSR count). The van der Waals surface area contributed by atoms with Gasteiger partial charge in [-0.1, -0.05) is 30.3 Å². The summed E-state index contributed by atoms with van der Waals surface area (Å²) in [4.78, 5) is 20.6. The van der Waals surface area contributed by atoms with Crippen LogP contribution in [0.4, 0.5) is 5.69 Å². The van der Waals surface area contributed by atoms with Crippen molar-refractivity contribution in [2.75, 3.05) is 31.1 Å². The number of phenolic OH excluding ortho intramolecular Hbond substituents is 1. The van der Waals surface area contributed by atoms with E-state index in [4.69, 9.17) is 0 Å². The van der Waals surface area contributed by atoms with E-state index in [9.17, 15) is 9.90 Å². The van der Waals surface area contributed by atoms with Crippen molar-refractivity contribution < 1.29 is 9.90 Å². The highest BCUT2D eigenvalue weighted by molar-refractivity contribution is 6.10. The summed E-state index contributed by atoms with van der Waals surface area (Å²) in [7, 11) is 0. The van der Waals surface area contributed by atoms with Crippen molar-refractivity contribution in [2.24, 2.45) is 0 Å². The number of aromatic hydroxyl groups is 1. The molecule has 134 valence electrons. The van der Waals surface area contributed by atoms with E-state index in [-0.39, 0.29) is 11.8 Å². The predicted molar refractivity (Wildman–Crippen MR) is 104 cm³/mol. The van der Waals surface area contributed by atoms with Crippen LogP contribution in [0.5, 0.6) is 5.75 Å². The Morgan fingerprint density at radius 3 is 2.50 bits per heavy atom. The number of para-hydroxylation sites is 3. The Hall–Kier alpha value is -2.79. The number of H-pyrrole nitrogens is 1. The minimum absolute atomic E-state index is 0.151. The Bertz CT molecular complexity index is 926. The van der Waals surface area contributed by atoms with Crippen LogP contribution in [-0.2, 0) is 0 Å². The zero-order valence-corrected chi connectivity index (χ0v) is 14.9. The summed E-state index contributed by atoms with van der Waals surface area (Å²) in [6, 6.07) is 15.2. The van der Waals surface area contributed by atoms with Gasteiger partial charge < -0.3 is 15.0 Å². The lowest BCUT2D eigenvalue weighted by molar-refractivity contribution is 0.0831. The topological polar surface area (TPSA) is 59.6 Å². The van der Waals surface area contributed by atoms with Crippen molar-refractivity contribution in [1.82, 2.24) is 9.88 Å². The number of nitrogens with zero attached hydrogens (tertiary/aromatic N) is 2. The molecule has 2 aromatic carbocycles. The minimum Gasteiger partial charge on any atom is -0.506 e. The number of carbonyl (C=O) groups excluding carboxylic acids is 1. The maximum absolute atomic E-state index is 13.0. The summed E-state index contributed by atoms with van der Waals surface area (Å²) >= 11 is 0. The Morgan fingerprint density at radius 1 is 1.04 bits per heavy atom. The molecule has 0 spiro atoms. The number of phenols is 1. The van der Waals surface area contributed by atoms with Crippen LogP contribution < -0.4 is 4.90 Å². The van der Waals surface area contributed by atoms with Crippen molar-refractivity contribution in [1.29, 1.82) is 0 Å². The van der Waals surface area contributed by atoms with Gasteiger partial charge in [0.1, 0.15) is 5.75 Å². The van der Waals surface area contributed by atoms with Gasteiger partial charge in [-0.25, -0.2) is 0 Å². The number of Topliss-reactive ketones (excluding diaryl/α,β-unsaturated/α-hetero) is 1. The van der Waals surface area contributed by atoms with E-state index in [1.165, 1.54) is 0 Å². The van der Waals surface area contributed by atoms with Crippen molar-refractivity contribution in [2.45, 2.75) is 13.0 Å². The SMILES string of the molecule is C[C@H](C(=O)c1c[nH]c2ccccc12)N1CCN(c2ccccc2O)CC1. The van der Waals surface area contributed by atoms with E-state index in [0.717, 1.165) is 48.3 Å². The standard InChI is InChI=1S/C21H23N3O2/c1-15(21(26)17-14-22-18-7-3-2-6-16(17)18)23-10-12-24(13-11-23)19-8-4-5-9-20(19)25/h2-9,14-15,22,25H,10-13H2,1H3/t15-/m1/s1. The molecule has 0 unspecified atom stereocenters. The van der Waals surface area contributed by atoms with Crippen LogP contribution in [0.3, 0.4) is 0 Å². The van der Waals surface area contributed by atoms with E-state index >= 15 is 0 Å². The number of hydrogen-bond donors (Lipinski definition) is 2. The van der Waals surface area contributed by atoms with Crippen LogP contribution in [0, 0.1) is 0 Å². The first-order valence-corrected chi connectivity index (χ1v) is 9.02. The van der Waals surface area contributed by atoms with Gasteiger partial charge in [0, 0.05) is 48.8 Å². The fraction of sp³-hybridized carbons (Fsp3) is 0.286. The van der Waals surface area contributed by atoms with Gasteiger partial charge in [0.15, 0.2) is 5.78 Å². The average molecular weight is 349 g/mol. The van der Waals surface area contributed by atoms with E-state index in [1.807, 2.05) is 55.6 Å². The van der Waals surface area contributed by atoms with Gasteiger partial charge in [0.25, 0.3) is 0 Å². The molecule has 0 amide bonds. The van der Waals surface area contributed by atoms with Crippen LogP contribution >= 0.6 is 0 Å². The predicted octanol–water partition coefficient (Wildman–Crippen LogP) is 3.27. The van der Waals surface area contributed by atoms with E-state index < -0.39 is 0 Å². The first kappa shape index (κ1) is 16.7. The molecule has 1 saturated heterocycles. The number of aromatic amines is 1. The second kappa shape index (κ2) is 6.84. The number of rotatable bonds is 4. The van der Waals surface area contributed by atoms with Crippen LogP contribution in [0.1, 0.15) is 17.3 Å². The van der Waals surface area contributed by atoms with E-state index in [2.05, 4.69) is 14.8 Å². The molecular weight excluding hydrogens is 326 g/mol. The third-order valence-electron chi connectivity index (χ3n) is 5.32. The molecule has 1 aliphatic rings. The maximum atomic E-state index is 13.0. The molecule has 0 radical (unpaired) electrons. The molecule has 3 aromatic rings. The van der Waals surface area contributed by atoms with Gasteiger partial charge >= 0.3 is 0 Å². The molecule has 1 aromatic heterocycles. The largest absolute Gasteiger partial charge is 0.506 e. The third kappa shape index (κ3) is 2.95. The number of nitrogens with one attached hydrogen (secondary N) is 1. The zero-order chi connectivity index (χ0) is 18.1. The van der Waals surface area contributed by atoms with E-state index in [0.29, 0.717) is 5.75 Å². The van der Waals surface area contributed by atoms with Crippen molar-refractivity contribution >= 4 is 22.4 Å². The molecule has 26 heavy (non-hydrogen) atoms. The van der Waals surface area contributed by atoms with Gasteiger partial charge in [-0.05, 0) is 25.1 Å². The summed E-state index contributed by atoms with van der Waals surface area (Å²) in [5.41, 5.74) is 2.62. The molecule has 1 atom stereocenters. The van der Waals surface area contributed by atoms with Crippen molar-refractivity contribution in [3.8, 4) is 5.75 Å². The smallest absolute Gasteiger partial charge is 0.181 e. The Morgan fingerprint density at radius 2 is 1.73 bits per heavy atom. The fourth-order valence-corrected chi connectivity index (χ4v) is 3.75. The number of benzene rings is 2. The summed E-state index contributed by atoms with van der Waals surface area (Å²) in [6.07, 6.45) is 1.82. The van der Waals surface area contributed by atoms with Crippen LogP contribution in [-0.4, -0.2) is 53.0 Å². The van der Waals surface area contributed by atoms with Crippen LogP contribution in [0.15, 0.2) is 54.7 Å². The Labute approximate surface area is 152 Å².